The molecule has 1 saturated heterocycles. The number of aromatic nitrogens is 1. The maximum atomic E-state index is 11.7. The van der Waals surface area contributed by atoms with E-state index < -0.39 is 0 Å². The minimum Gasteiger partial charge on any atom is -0.296 e. The first-order valence-electron chi connectivity index (χ1n) is 6.15. The zero-order valence-electron chi connectivity index (χ0n) is 10.9. The lowest BCUT2D eigenvalue weighted by Gasteiger charge is -2.19. The van der Waals surface area contributed by atoms with Crippen LogP contribution in [0.4, 0.5) is 0 Å². The summed E-state index contributed by atoms with van der Waals surface area (Å²) in [4.78, 5) is 27.3. The first kappa shape index (κ1) is 13.2. The molecule has 1 aliphatic heterocycles. The van der Waals surface area contributed by atoms with Crippen LogP contribution < -0.4 is 5.32 Å². The number of imide groups is 1. The molecule has 5 heteroatoms. The van der Waals surface area contributed by atoms with Gasteiger partial charge in [0.25, 0.3) is 0 Å². The van der Waals surface area contributed by atoms with E-state index in [0.717, 1.165) is 10.7 Å². The van der Waals surface area contributed by atoms with Crippen molar-refractivity contribution in [2.45, 2.75) is 45.4 Å². The SMILES string of the molecule is CC(C)(C)c1csc(CC2CCC(=O)NC2=O)n1. The number of amides is 2. The van der Waals surface area contributed by atoms with E-state index in [1.54, 1.807) is 11.3 Å². The molecule has 2 amide bonds. The highest BCUT2D eigenvalue weighted by Crippen LogP contribution is 2.26. The van der Waals surface area contributed by atoms with Crippen LogP contribution in [0.1, 0.15) is 44.3 Å². The summed E-state index contributed by atoms with van der Waals surface area (Å²) in [7, 11) is 0. The zero-order valence-corrected chi connectivity index (χ0v) is 11.8. The third kappa shape index (κ3) is 2.96. The van der Waals surface area contributed by atoms with Crippen molar-refractivity contribution in [1.82, 2.24) is 10.3 Å². The Kier molecular flexibility index (Phi) is 3.52. The largest absolute Gasteiger partial charge is 0.296 e. The van der Waals surface area contributed by atoms with Gasteiger partial charge in [-0.3, -0.25) is 14.9 Å². The molecule has 0 aliphatic carbocycles. The molecule has 1 N–H and O–H groups in total. The molecule has 2 heterocycles. The van der Waals surface area contributed by atoms with E-state index in [2.05, 4.69) is 36.5 Å². The van der Waals surface area contributed by atoms with Gasteiger partial charge >= 0.3 is 0 Å². The number of hydrogen-bond donors (Lipinski definition) is 1. The van der Waals surface area contributed by atoms with E-state index in [1.807, 2.05) is 0 Å². The van der Waals surface area contributed by atoms with Crippen LogP contribution in [0.15, 0.2) is 5.38 Å². The van der Waals surface area contributed by atoms with Crippen LogP contribution in [0.5, 0.6) is 0 Å². The Morgan fingerprint density at radius 3 is 2.72 bits per heavy atom. The number of thiazole rings is 1. The lowest BCUT2D eigenvalue weighted by molar-refractivity contribution is -0.136. The van der Waals surface area contributed by atoms with Crippen molar-refractivity contribution in [2.24, 2.45) is 5.92 Å². The van der Waals surface area contributed by atoms with Gasteiger partial charge in [0.05, 0.1) is 10.7 Å². The molecular formula is C13H18N2O2S. The van der Waals surface area contributed by atoms with Gasteiger partial charge in [-0.25, -0.2) is 4.98 Å². The highest BCUT2D eigenvalue weighted by atomic mass is 32.1. The van der Waals surface area contributed by atoms with Crippen molar-refractivity contribution in [3.63, 3.8) is 0 Å². The number of nitrogens with zero attached hydrogens (tertiary/aromatic N) is 1. The second kappa shape index (κ2) is 4.80. The van der Waals surface area contributed by atoms with E-state index in [-0.39, 0.29) is 23.1 Å². The van der Waals surface area contributed by atoms with Crippen LogP contribution in [0, 0.1) is 5.92 Å². The van der Waals surface area contributed by atoms with E-state index in [4.69, 9.17) is 0 Å². The highest BCUT2D eigenvalue weighted by molar-refractivity contribution is 7.09. The molecule has 0 saturated carbocycles. The van der Waals surface area contributed by atoms with E-state index in [1.165, 1.54) is 0 Å². The Balaban J connectivity index is 2.04. The van der Waals surface area contributed by atoms with Gasteiger partial charge in [-0.2, -0.15) is 0 Å². The van der Waals surface area contributed by atoms with Gasteiger partial charge in [0.1, 0.15) is 0 Å². The van der Waals surface area contributed by atoms with Crippen LogP contribution in [0.25, 0.3) is 0 Å². The summed E-state index contributed by atoms with van der Waals surface area (Å²) in [6, 6.07) is 0. The number of hydrogen-bond acceptors (Lipinski definition) is 4. The molecule has 1 atom stereocenters. The van der Waals surface area contributed by atoms with Gasteiger partial charge in [-0.15, -0.1) is 11.3 Å². The van der Waals surface area contributed by atoms with Crippen molar-refractivity contribution in [2.75, 3.05) is 0 Å². The molecule has 0 aromatic carbocycles. The summed E-state index contributed by atoms with van der Waals surface area (Å²) < 4.78 is 0. The predicted molar refractivity (Wildman–Crippen MR) is 70.4 cm³/mol. The Labute approximate surface area is 111 Å². The number of nitrogens with one attached hydrogen (secondary N) is 1. The van der Waals surface area contributed by atoms with Gasteiger partial charge in [-0.05, 0) is 6.42 Å². The molecule has 1 unspecified atom stereocenters. The Morgan fingerprint density at radius 2 is 2.17 bits per heavy atom. The van der Waals surface area contributed by atoms with Crippen LogP contribution in [0.3, 0.4) is 0 Å². The second-order valence-electron chi connectivity index (χ2n) is 5.73. The predicted octanol–water partition coefficient (Wildman–Crippen LogP) is 2.04. The van der Waals surface area contributed by atoms with Crippen molar-refractivity contribution in [3.8, 4) is 0 Å². The number of carbonyl (C=O) groups excluding carboxylic acids is 2. The van der Waals surface area contributed by atoms with Crippen LogP contribution >= 0.6 is 11.3 Å². The highest BCUT2D eigenvalue weighted by Gasteiger charge is 2.28. The molecule has 18 heavy (non-hydrogen) atoms. The van der Waals surface area contributed by atoms with E-state index in [0.29, 0.717) is 19.3 Å². The fourth-order valence-corrected chi connectivity index (χ4v) is 3.00. The summed E-state index contributed by atoms with van der Waals surface area (Å²) in [5.41, 5.74) is 1.11. The summed E-state index contributed by atoms with van der Waals surface area (Å²) in [6.07, 6.45) is 1.71. The van der Waals surface area contributed by atoms with Gasteiger partial charge in [0.2, 0.25) is 11.8 Å². The smallest absolute Gasteiger partial charge is 0.230 e. The third-order valence-corrected chi connectivity index (χ3v) is 3.97. The van der Waals surface area contributed by atoms with Gasteiger partial charge in [-0.1, -0.05) is 20.8 Å². The normalized spacial score (nSPS) is 20.9. The molecule has 0 radical (unpaired) electrons. The van der Waals surface area contributed by atoms with Crippen LogP contribution in [0.2, 0.25) is 0 Å². The summed E-state index contributed by atoms with van der Waals surface area (Å²) in [5.74, 6) is -0.425. The van der Waals surface area contributed by atoms with Gasteiger partial charge < -0.3 is 0 Å². The molecular weight excluding hydrogens is 248 g/mol. The third-order valence-electron chi connectivity index (χ3n) is 3.09. The lowest BCUT2D eigenvalue weighted by Crippen LogP contribution is -2.41. The van der Waals surface area contributed by atoms with Crippen molar-refractivity contribution >= 4 is 23.2 Å². The van der Waals surface area contributed by atoms with Gasteiger partial charge in [0, 0.05) is 29.6 Å². The molecule has 4 nitrogen and oxygen atoms in total. The fourth-order valence-electron chi connectivity index (χ4n) is 1.89. The molecule has 98 valence electrons. The van der Waals surface area contributed by atoms with E-state index in [9.17, 15) is 9.59 Å². The van der Waals surface area contributed by atoms with Crippen LogP contribution in [-0.4, -0.2) is 16.8 Å². The zero-order chi connectivity index (χ0) is 13.3. The lowest BCUT2D eigenvalue weighted by atomic mass is 9.93. The summed E-state index contributed by atoms with van der Waals surface area (Å²) >= 11 is 1.60. The van der Waals surface area contributed by atoms with Crippen molar-refractivity contribution in [3.05, 3.63) is 16.1 Å². The first-order valence-corrected chi connectivity index (χ1v) is 7.03. The molecule has 1 fully saturated rings. The Hall–Kier alpha value is -1.23. The van der Waals surface area contributed by atoms with Crippen molar-refractivity contribution < 1.29 is 9.59 Å². The standard InChI is InChI=1S/C13H18N2O2S/c1-13(2,3)9-7-18-11(14-9)6-8-4-5-10(16)15-12(8)17/h7-8H,4-6H2,1-3H3,(H,15,16,17). The number of piperidine rings is 1. The first-order chi connectivity index (χ1) is 8.36. The average Bonchev–Trinajstić information content (AvgIpc) is 2.70. The van der Waals surface area contributed by atoms with Gasteiger partial charge in [0.15, 0.2) is 0 Å². The average molecular weight is 266 g/mol. The maximum Gasteiger partial charge on any atom is 0.230 e. The topological polar surface area (TPSA) is 59.1 Å². The molecule has 1 aromatic rings. The number of rotatable bonds is 2. The van der Waals surface area contributed by atoms with Crippen LogP contribution in [-0.2, 0) is 21.4 Å². The maximum absolute atomic E-state index is 11.7. The monoisotopic (exact) mass is 266 g/mol. The number of carbonyl (C=O) groups is 2. The fraction of sp³-hybridized carbons (Fsp3) is 0.615. The van der Waals surface area contributed by atoms with E-state index >= 15 is 0 Å². The Morgan fingerprint density at radius 1 is 1.44 bits per heavy atom. The minimum atomic E-state index is -0.161. The minimum absolute atomic E-state index is 0.0412. The molecule has 2 rings (SSSR count). The summed E-state index contributed by atoms with van der Waals surface area (Å²) in [6.45, 7) is 6.37. The molecule has 0 spiro atoms. The molecule has 1 aromatic heterocycles. The molecule has 0 bridgehead atoms. The Bertz CT molecular complexity index is 474. The quantitative estimate of drug-likeness (QED) is 0.833. The summed E-state index contributed by atoms with van der Waals surface area (Å²) in [5, 5.41) is 5.42. The van der Waals surface area contributed by atoms with Crippen molar-refractivity contribution in [1.29, 1.82) is 0 Å². The second-order valence-corrected chi connectivity index (χ2v) is 6.67. The molecule has 1 aliphatic rings.